The first-order valence-corrected chi connectivity index (χ1v) is 11.0. The normalized spacial score (nSPS) is 13.2. The zero-order valence-electron chi connectivity index (χ0n) is 15.4. The number of nitrogens with one attached hydrogen (secondary N) is 1. The summed E-state index contributed by atoms with van der Waals surface area (Å²) in [5, 5.41) is 3.30. The van der Waals surface area contributed by atoms with E-state index in [0.29, 0.717) is 19.8 Å². The molecule has 0 amide bonds. The average Bonchev–Trinajstić information content (AvgIpc) is 2.58. The summed E-state index contributed by atoms with van der Waals surface area (Å²) in [6.07, 6.45) is 1.92. The lowest BCUT2D eigenvalue weighted by atomic mass is 10.2. The predicted octanol–water partition coefficient (Wildman–Crippen LogP) is 2.58. The van der Waals surface area contributed by atoms with Crippen LogP contribution in [0.4, 0.5) is 0 Å². The highest BCUT2D eigenvalue weighted by molar-refractivity contribution is 6.60. The second-order valence-corrected chi connectivity index (χ2v) is 8.47. The van der Waals surface area contributed by atoms with Crippen LogP contribution < -0.4 is 11.1 Å². The molecule has 1 rings (SSSR count). The molecule has 138 valence electrons. The van der Waals surface area contributed by atoms with E-state index < -0.39 is 8.80 Å². The Bertz CT molecular complexity index is 414. The first-order chi connectivity index (χ1) is 11.7. The van der Waals surface area contributed by atoms with Gasteiger partial charge in [0.25, 0.3) is 0 Å². The van der Waals surface area contributed by atoms with Gasteiger partial charge in [-0.1, -0.05) is 30.3 Å². The second kappa shape index (κ2) is 12.6. The Hall–Kier alpha value is -0.763. The molecule has 1 atom stereocenters. The molecule has 0 aliphatic carbocycles. The maximum atomic E-state index is 6.34. The van der Waals surface area contributed by atoms with Crippen molar-refractivity contribution in [2.45, 2.75) is 45.8 Å². The summed E-state index contributed by atoms with van der Waals surface area (Å²) in [6.45, 7) is 9.69. The van der Waals surface area contributed by atoms with E-state index in [1.54, 1.807) is 0 Å². The van der Waals surface area contributed by atoms with Gasteiger partial charge >= 0.3 is 8.80 Å². The van der Waals surface area contributed by atoms with Crippen molar-refractivity contribution in [1.29, 1.82) is 0 Å². The van der Waals surface area contributed by atoms with Crippen molar-refractivity contribution >= 4 is 8.80 Å². The molecule has 0 aromatic heterocycles. The summed E-state index contributed by atoms with van der Waals surface area (Å²) in [7, 11) is -2.66. The third-order valence-corrected chi connectivity index (χ3v) is 6.80. The smallest absolute Gasteiger partial charge is 0.374 e. The maximum Gasteiger partial charge on any atom is 0.501 e. The fraction of sp³-hybridized carbons (Fsp3) is 0.667. The minimum absolute atomic E-state index is 0.0933. The quantitative estimate of drug-likeness (QED) is 0.397. The third kappa shape index (κ3) is 8.37. The lowest BCUT2D eigenvalue weighted by Gasteiger charge is -2.32. The molecule has 0 saturated heterocycles. The predicted molar refractivity (Wildman–Crippen MR) is 101 cm³/mol. The molecule has 0 aliphatic rings. The van der Waals surface area contributed by atoms with Crippen molar-refractivity contribution < 1.29 is 13.3 Å². The number of aryl methyl sites for hydroxylation is 1. The van der Waals surface area contributed by atoms with Crippen molar-refractivity contribution in [2.24, 2.45) is 5.73 Å². The second-order valence-electron chi connectivity index (χ2n) is 5.79. The molecule has 3 N–H and O–H groups in total. The van der Waals surface area contributed by atoms with Crippen molar-refractivity contribution in [1.82, 2.24) is 5.32 Å². The standard InChI is InChI=1S/C18H34N2O3Si/c1-4-21-24(22-5-2,16-12-18-9-7-6-8-10-18)23-17(3)11-14-20-15-13-19/h6-10,17,20H,4-5,11-16,19H2,1-3H3. The molecule has 0 heterocycles. The highest BCUT2D eigenvalue weighted by atomic mass is 28.4. The van der Waals surface area contributed by atoms with E-state index in [9.17, 15) is 0 Å². The van der Waals surface area contributed by atoms with Gasteiger partial charge in [0.1, 0.15) is 0 Å². The molecular formula is C18H34N2O3Si. The minimum atomic E-state index is -2.66. The van der Waals surface area contributed by atoms with Crippen molar-refractivity contribution in [3.05, 3.63) is 35.9 Å². The van der Waals surface area contributed by atoms with Gasteiger partial charge in [-0.3, -0.25) is 0 Å². The fourth-order valence-corrected chi connectivity index (χ4v) is 5.42. The zero-order valence-corrected chi connectivity index (χ0v) is 16.4. The number of hydrogen-bond acceptors (Lipinski definition) is 5. The first kappa shape index (κ1) is 21.3. The van der Waals surface area contributed by atoms with Crippen LogP contribution in [0.15, 0.2) is 30.3 Å². The lowest BCUT2D eigenvalue weighted by molar-refractivity contribution is 0.0358. The van der Waals surface area contributed by atoms with Crippen LogP contribution in [-0.4, -0.2) is 47.8 Å². The zero-order chi connectivity index (χ0) is 17.7. The molecule has 24 heavy (non-hydrogen) atoms. The molecule has 1 aromatic rings. The van der Waals surface area contributed by atoms with Crippen LogP contribution in [-0.2, 0) is 19.7 Å². The van der Waals surface area contributed by atoms with Gasteiger partial charge in [0.05, 0.1) is 0 Å². The third-order valence-electron chi connectivity index (χ3n) is 3.72. The Morgan fingerprint density at radius 3 is 2.33 bits per heavy atom. The van der Waals surface area contributed by atoms with Crippen molar-refractivity contribution in [3.63, 3.8) is 0 Å². The lowest BCUT2D eigenvalue weighted by Crippen LogP contribution is -2.48. The number of benzene rings is 1. The van der Waals surface area contributed by atoms with Gasteiger partial charge in [0, 0.05) is 38.5 Å². The molecule has 0 saturated carbocycles. The van der Waals surface area contributed by atoms with E-state index in [-0.39, 0.29) is 6.10 Å². The monoisotopic (exact) mass is 354 g/mol. The van der Waals surface area contributed by atoms with Gasteiger partial charge in [-0.05, 0) is 45.7 Å². The molecule has 0 bridgehead atoms. The van der Waals surface area contributed by atoms with E-state index in [1.165, 1.54) is 5.56 Å². The van der Waals surface area contributed by atoms with Crippen LogP contribution >= 0.6 is 0 Å². The summed E-state index contributed by atoms with van der Waals surface area (Å²) >= 11 is 0. The Balaban J connectivity index is 2.62. The van der Waals surface area contributed by atoms with E-state index in [0.717, 1.165) is 32.0 Å². The van der Waals surface area contributed by atoms with Crippen molar-refractivity contribution in [2.75, 3.05) is 32.8 Å². The topological polar surface area (TPSA) is 65.7 Å². The average molecular weight is 355 g/mol. The Morgan fingerprint density at radius 1 is 1.08 bits per heavy atom. The van der Waals surface area contributed by atoms with Gasteiger partial charge < -0.3 is 24.3 Å². The summed E-state index contributed by atoms with van der Waals surface area (Å²) in [4.78, 5) is 0. The molecule has 6 heteroatoms. The van der Waals surface area contributed by atoms with Crippen molar-refractivity contribution in [3.8, 4) is 0 Å². The van der Waals surface area contributed by atoms with Gasteiger partial charge in [-0.25, -0.2) is 0 Å². The highest BCUT2D eigenvalue weighted by Crippen LogP contribution is 2.22. The van der Waals surface area contributed by atoms with Gasteiger partial charge in [0.2, 0.25) is 0 Å². The molecule has 0 spiro atoms. The van der Waals surface area contributed by atoms with E-state index >= 15 is 0 Å². The number of rotatable bonds is 14. The number of nitrogens with two attached hydrogens (primary N) is 1. The molecule has 5 nitrogen and oxygen atoms in total. The SMILES string of the molecule is CCO[Si](CCc1ccccc1)(OCC)OC(C)CCNCCN. The van der Waals surface area contributed by atoms with Gasteiger partial charge in [0.15, 0.2) is 0 Å². The largest absolute Gasteiger partial charge is 0.501 e. The van der Waals surface area contributed by atoms with Crippen LogP contribution in [0.1, 0.15) is 32.8 Å². The highest BCUT2D eigenvalue weighted by Gasteiger charge is 2.41. The van der Waals surface area contributed by atoms with Gasteiger partial charge in [-0.2, -0.15) is 0 Å². The van der Waals surface area contributed by atoms with E-state index in [1.807, 2.05) is 19.9 Å². The molecule has 0 aliphatic heterocycles. The van der Waals surface area contributed by atoms with Crippen LogP contribution in [0.3, 0.4) is 0 Å². The Morgan fingerprint density at radius 2 is 1.75 bits per heavy atom. The molecule has 0 radical (unpaired) electrons. The summed E-state index contributed by atoms with van der Waals surface area (Å²) < 4.78 is 18.4. The summed E-state index contributed by atoms with van der Waals surface area (Å²) in [6, 6.07) is 11.2. The fourth-order valence-electron chi connectivity index (χ4n) is 2.59. The summed E-state index contributed by atoms with van der Waals surface area (Å²) in [5.41, 5.74) is 6.78. The van der Waals surface area contributed by atoms with Crippen LogP contribution in [0, 0.1) is 0 Å². The summed E-state index contributed by atoms with van der Waals surface area (Å²) in [5.74, 6) is 0. The molecule has 0 fully saturated rings. The molecular weight excluding hydrogens is 320 g/mol. The first-order valence-electron chi connectivity index (χ1n) is 9.06. The maximum absolute atomic E-state index is 6.34. The van der Waals surface area contributed by atoms with Gasteiger partial charge in [-0.15, -0.1) is 0 Å². The number of hydrogen-bond donors (Lipinski definition) is 2. The molecule has 1 aromatic carbocycles. The Labute approximate surface area is 148 Å². The minimum Gasteiger partial charge on any atom is -0.374 e. The van der Waals surface area contributed by atoms with Crippen LogP contribution in [0.25, 0.3) is 0 Å². The Kier molecular flexibility index (Phi) is 11.2. The van der Waals surface area contributed by atoms with E-state index in [2.05, 4.69) is 36.5 Å². The molecule has 1 unspecified atom stereocenters. The van der Waals surface area contributed by atoms with E-state index in [4.69, 9.17) is 19.0 Å². The van der Waals surface area contributed by atoms with Crippen LogP contribution in [0.5, 0.6) is 0 Å². The van der Waals surface area contributed by atoms with Crippen LogP contribution in [0.2, 0.25) is 6.04 Å².